The van der Waals surface area contributed by atoms with E-state index in [1.807, 2.05) is 18.2 Å². The summed E-state index contributed by atoms with van der Waals surface area (Å²) < 4.78 is 0. The van der Waals surface area contributed by atoms with Crippen molar-refractivity contribution in [2.75, 3.05) is 0 Å². The molecule has 0 nitrogen and oxygen atoms in total. The van der Waals surface area contributed by atoms with Crippen molar-refractivity contribution in [3.8, 4) is 0 Å². The Morgan fingerprint density at radius 3 is 1.96 bits per heavy atom. The van der Waals surface area contributed by atoms with Crippen molar-refractivity contribution in [3.05, 3.63) is 125 Å². The van der Waals surface area contributed by atoms with E-state index in [0.717, 1.165) is 12.8 Å². The van der Waals surface area contributed by atoms with E-state index < -0.39 is 0 Å². The molecule has 0 saturated carbocycles. The zero-order chi connectivity index (χ0) is 19.8. The van der Waals surface area contributed by atoms with Gasteiger partial charge in [-0.1, -0.05) is 123 Å². The highest BCUT2D eigenvalue weighted by molar-refractivity contribution is 5.74. The first-order chi connectivity index (χ1) is 13.6. The monoisotopic (exact) mass is 366 g/mol. The summed E-state index contributed by atoms with van der Waals surface area (Å²) in [4.78, 5) is 0. The topological polar surface area (TPSA) is 0 Å². The third kappa shape index (κ3) is 5.33. The molecule has 1 aliphatic carbocycles. The lowest BCUT2D eigenvalue weighted by atomic mass is 9.79. The SMILES string of the molecule is CC1(C)C/C=C\C(c2ccccc2)=C/Cc2ccccc21.Cc1ccccc1. The second-order valence-corrected chi connectivity index (χ2v) is 8.03. The van der Waals surface area contributed by atoms with Crippen LogP contribution >= 0.6 is 0 Å². The van der Waals surface area contributed by atoms with Gasteiger partial charge in [-0.3, -0.25) is 0 Å². The number of aryl methyl sites for hydroxylation is 1. The van der Waals surface area contributed by atoms with Crippen LogP contribution in [0.3, 0.4) is 0 Å². The molecule has 142 valence electrons. The Hall–Kier alpha value is -2.86. The van der Waals surface area contributed by atoms with Gasteiger partial charge in [0.1, 0.15) is 0 Å². The average molecular weight is 367 g/mol. The van der Waals surface area contributed by atoms with Crippen molar-refractivity contribution >= 4 is 5.57 Å². The van der Waals surface area contributed by atoms with E-state index in [1.165, 1.54) is 27.8 Å². The fourth-order valence-corrected chi connectivity index (χ4v) is 3.62. The third-order valence-electron chi connectivity index (χ3n) is 5.26. The van der Waals surface area contributed by atoms with Gasteiger partial charge in [-0.15, -0.1) is 0 Å². The van der Waals surface area contributed by atoms with Crippen LogP contribution in [0.1, 0.15) is 42.5 Å². The summed E-state index contributed by atoms with van der Waals surface area (Å²) in [7, 11) is 0. The molecule has 4 rings (SSSR count). The van der Waals surface area contributed by atoms with Gasteiger partial charge in [-0.2, -0.15) is 0 Å². The summed E-state index contributed by atoms with van der Waals surface area (Å²) in [6.45, 7) is 6.76. The lowest BCUT2D eigenvalue weighted by Crippen LogP contribution is -2.18. The molecule has 0 amide bonds. The molecule has 0 aliphatic heterocycles. The molecular formula is C28H30. The second-order valence-electron chi connectivity index (χ2n) is 8.03. The molecule has 0 atom stereocenters. The van der Waals surface area contributed by atoms with Gasteiger partial charge in [-0.25, -0.2) is 0 Å². The Morgan fingerprint density at radius 1 is 0.714 bits per heavy atom. The minimum atomic E-state index is 0.188. The van der Waals surface area contributed by atoms with Gasteiger partial charge in [0.2, 0.25) is 0 Å². The predicted octanol–water partition coefficient (Wildman–Crippen LogP) is 7.55. The lowest BCUT2D eigenvalue weighted by Gasteiger charge is -2.26. The Balaban J connectivity index is 0.000000271. The minimum absolute atomic E-state index is 0.188. The van der Waals surface area contributed by atoms with Crippen molar-refractivity contribution in [2.45, 2.75) is 39.0 Å². The number of benzene rings is 3. The number of rotatable bonds is 1. The maximum absolute atomic E-state index is 2.35. The van der Waals surface area contributed by atoms with Crippen molar-refractivity contribution in [1.82, 2.24) is 0 Å². The fraction of sp³-hybridized carbons (Fsp3) is 0.214. The third-order valence-corrected chi connectivity index (χ3v) is 5.26. The molecule has 3 aromatic rings. The van der Waals surface area contributed by atoms with Crippen LogP contribution in [0.15, 0.2) is 103 Å². The van der Waals surface area contributed by atoms with E-state index in [2.05, 4.69) is 106 Å². The van der Waals surface area contributed by atoms with E-state index in [1.54, 1.807) is 0 Å². The van der Waals surface area contributed by atoms with Gasteiger partial charge in [0, 0.05) is 0 Å². The zero-order valence-corrected chi connectivity index (χ0v) is 17.2. The summed E-state index contributed by atoms with van der Waals surface area (Å²) in [6.07, 6.45) is 9.01. The standard InChI is InChI=1S/C21H22.C7H8/c1-21(2)16-8-12-18(17-9-4-3-5-10-17)14-15-19-11-6-7-13-20(19)21;1-7-5-3-2-4-6-7/h3-14H,15-16H2,1-2H3;2-6H,1H3/b12-8-,18-14+;. The fourth-order valence-electron chi connectivity index (χ4n) is 3.62. The largest absolute Gasteiger partial charge is 0.0831 e. The van der Waals surface area contributed by atoms with Crippen LogP contribution in [-0.2, 0) is 11.8 Å². The lowest BCUT2D eigenvalue weighted by molar-refractivity contribution is 0.530. The number of fused-ring (bicyclic) bond motifs is 1. The van der Waals surface area contributed by atoms with E-state index in [4.69, 9.17) is 0 Å². The Morgan fingerprint density at radius 2 is 1.32 bits per heavy atom. The van der Waals surface area contributed by atoms with Crippen LogP contribution in [0, 0.1) is 6.92 Å². The zero-order valence-electron chi connectivity index (χ0n) is 17.2. The van der Waals surface area contributed by atoms with Crippen molar-refractivity contribution in [3.63, 3.8) is 0 Å². The number of hydrogen-bond acceptors (Lipinski definition) is 0. The summed E-state index contributed by atoms with van der Waals surface area (Å²) in [6, 6.07) is 29.8. The Labute approximate surface area is 170 Å². The van der Waals surface area contributed by atoms with Crippen LogP contribution in [0.25, 0.3) is 5.57 Å². The highest BCUT2D eigenvalue weighted by Crippen LogP contribution is 2.33. The molecule has 1 aliphatic rings. The molecule has 0 fully saturated rings. The molecule has 0 bridgehead atoms. The molecule has 0 radical (unpaired) electrons. The van der Waals surface area contributed by atoms with Gasteiger partial charge in [-0.05, 0) is 47.4 Å². The van der Waals surface area contributed by atoms with Crippen LogP contribution in [0.5, 0.6) is 0 Å². The quantitative estimate of drug-likeness (QED) is 0.417. The molecule has 0 unspecified atom stereocenters. The molecule has 0 heteroatoms. The molecule has 0 spiro atoms. The highest BCUT2D eigenvalue weighted by Gasteiger charge is 2.22. The maximum Gasteiger partial charge on any atom is -0.00662 e. The van der Waals surface area contributed by atoms with Gasteiger partial charge >= 0.3 is 0 Å². The average Bonchev–Trinajstić information content (AvgIpc) is 2.78. The molecule has 0 saturated heterocycles. The highest BCUT2D eigenvalue weighted by atomic mass is 14.3. The van der Waals surface area contributed by atoms with Crippen LogP contribution in [0.4, 0.5) is 0 Å². The summed E-state index contributed by atoms with van der Waals surface area (Å²) >= 11 is 0. The van der Waals surface area contributed by atoms with E-state index in [0.29, 0.717) is 0 Å². The predicted molar refractivity (Wildman–Crippen MR) is 123 cm³/mol. The molecular weight excluding hydrogens is 336 g/mol. The van der Waals surface area contributed by atoms with Crippen LogP contribution < -0.4 is 0 Å². The van der Waals surface area contributed by atoms with Crippen molar-refractivity contribution in [1.29, 1.82) is 0 Å². The normalized spacial score (nSPS) is 18.0. The molecule has 28 heavy (non-hydrogen) atoms. The summed E-state index contributed by atoms with van der Waals surface area (Å²) in [5, 5.41) is 0. The van der Waals surface area contributed by atoms with Crippen molar-refractivity contribution in [2.24, 2.45) is 0 Å². The first-order valence-electron chi connectivity index (χ1n) is 10.1. The smallest absolute Gasteiger partial charge is 0.00662 e. The van der Waals surface area contributed by atoms with Gasteiger partial charge in [0.25, 0.3) is 0 Å². The molecule has 0 heterocycles. The minimum Gasteiger partial charge on any atom is -0.0831 e. The molecule has 0 N–H and O–H groups in total. The second kappa shape index (κ2) is 9.37. The van der Waals surface area contributed by atoms with Crippen LogP contribution in [-0.4, -0.2) is 0 Å². The van der Waals surface area contributed by atoms with E-state index >= 15 is 0 Å². The van der Waals surface area contributed by atoms with Crippen molar-refractivity contribution < 1.29 is 0 Å². The summed E-state index contributed by atoms with van der Waals surface area (Å²) in [5.74, 6) is 0. The first kappa shape index (κ1) is 19.9. The van der Waals surface area contributed by atoms with Gasteiger partial charge < -0.3 is 0 Å². The van der Waals surface area contributed by atoms with Gasteiger partial charge in [0.15, 0.2) is 0 Å². The molecule has 0 aromatic heterocycles. The Kier molecular flexibility index (Phi) is 6.66. The van der Waals surface area contributed by atoms with Gasteiger partial charge in [0.05, 0.1) is 0 Å². The number of hydrogen-bond donors (Lipinski definition) is 0. The molecule has 3 aromatic carbocycles. The number of allylic oxidation sites excluding steroid dienone is 4. The maximum atomic E-state index is 2.35. The van der Waals surface area contributed by atoms with E-state index in [-0.39, 0.29) is 5.41 Å². The van der Waals surface area contributed by atoms with E-state index in [9.17, 15) is 0 Å². The Bertz CT molecular complexity index is 928. The first-order valence-corrected chi connectivity index (χ1v) is 10.1. The van der Waals surface area contributed by atoms with Crippen LogP contribution in [0.2, 0.25) is 0 Å². The summed E-state index contributed by atoms with van der Waals surface area (Å²) in [5.41, 5.74) is 7.05.